The van der Waals surface area contributed by atoms with Gasteiger partial charge in [0.2, 0.25) is 0 Å². The van der Waals surface area contributed by atoms with E-state index in [1.165, 1.54) is 19.3 Å². The zero-order chi connectivity index (χ0) is 14.1. The lowest BCUT2D eigenvalue weighted by atomic mass is 10.1. The number of esters is 1. The summed E-state index contributed by atoms with van der Waals surface area (Å²) < 4.78 is 5.24. The molecule has 1 saturated heterocycles. The maximum absolute atomic E-state index is 11.7. The van der Waals surface area contributed by atoms with Crippen molar-refractivity contribution in [1.29, 1.82) is 0 Å². The topological polar surface area (TPSA) is 50.4 Å². The first-order valence-corrected chi connectivity index (χ1v) is 7.80. The third-order valence-corrected chi connectivity index (χ3v) is 3.50. The second kappa shape index (κ2) is 9.32. The number of ether oxygens (including phenoxy) is 1. The highest BCUT2D eigenvalue weighted by molar-refractivity contribution is 5.76. The van der Waals surface area contributed by atoms with Gasteiger partial charge < -0.3 is 15.4 Å². The SMILES string of the molecule is CCCCCNCCC1CCC(C(=O)OC(C)C)N1. The highest BCUT2D eigenvalue weighted by Gasteiger charge is 2.30. The standard InChI is InChI=1S/C15H30N2O2/c1-4-5-6-10-16-11-9-13-7-8-14(17-13)15(18)19-12(2)3/h12-14,16-17H,4-11H2,1-3H3. The fourth-order valence-corrected chi connectivity index (χ4v) is 2.45. The average Bonchev–Trinajstić information content (AvgIpc) is 2.81. The van der Waals surface area contributed by atoms with Crippen molar-refractivity contribution in [2.45, 2.75) is 77.5 Å². The second-order valence-electron chi connectivity index (χ2n) is 5.72. The quantitative estimate of drug-likeness (QED) is 0.498. The third kappa shape index (κ3) is 6.92. The molecule has 0 radical (unpaired) electrons. The van der Waals surface area contributed by atoms with Crippen molar-refractivity contribution >= 4 is 5.97 Å². The molecule has 0 aromatic carbocycles. The second-order valence-corrected chi connectivity index (χ2v) is 5.72. The Labute approximate surface area is 117 Å². The van der Waals surface area contributed by atoms with Crippen LogP contribution in [0.2, 0.25) is 0 Å². The van der Waals surface area contributed by atoms with Crippen LogP contribution in [0.15, 0.2) is 0 Å². The van der Waals surface area contributed by atoms with Crippen molar-refractivity contribution < 1.29 is 9.53 Å². The Morgan fingerprint density at radius 1 is 1.32 bits per heavy atom. The summed E-state index contributed by atoms with van der Waals surface area (Å²) in [7, 11) is 0. The van der Waals surface area contributed by atoms with Crippen molar-refractivity contribution in [3.05, 3.63) is 0 Å². The normalized spacial score (nSPS) is 22.9. The maximum Gasteiger partial charge on any atom is 0.323 e. The van der Waals surface area contributed by atoms with E-state index in [0.717, 1.165) is 32.4 Å². The van der Waals surface area contributed by atoms with Crippen molar-refractivity contribution in [3.63, 3.8) is 0 Å². The molecule has 0 aromatic heterocycles. The highest BCUT2D eigenvalue weighted by atomic mass is 16.5. The van der Waals surface area contributed by atoms with Gasteiger partial charge in [0.25, 0.3) is 0 Å². The molecule has 1 aliphatic rings. The summed E-state index contributed by atoms with van der Waals surface area (Å²) in [6.07, 6.45) is 6.90. The molecule has 0 aliphatic carbocycles. The van der Waals surface area contributed by atoms with Crippen LogP contribution in [0.3, 0.4) is 0 Å². The fraction of sp³-hybridized carbons (Fsp3) is 0.933. The van der Waals surface area contributed by atoms with E-state index in [-0.39, 0.29) is 18.1 Å². The zero-order valence-corrected chi connectivity index (χ0v) is 12.7. The monoisotopic (exact) mass is 270 g/mol. The summed E-state index contributed by atoms with van der Waals surface area (Å²) >= 11 is 0. The predicted molar refractivity (Wildman–Crippen MR) is 78.2 cm³/mol. The number of hydrogen-bond acceptors (Lipinski definition) is 4. The average molecular weight is 270 g/mol. The summed E-state index contributed by atoms with van der Waals surface area (Å²) in [6.45, 7) is 8.15. The van der Waals surface area contributed by atoms with Gasteiger partial charge in [-0.05, 0) is 52.6 Å². The Kier molecular flexibility index (Phi) is 8.07. The number of carbonyl (C=O) groups excluding carboxylic acids is 1. The Balaban J connectivity index is 2.06. The van der Waals surface area contributed by atoms with E-state index < -0.39 is 0 Å². The van der Waals surface area contributed by atoms with Gasteiger partial charge in [-0.1, -0.05) is 19.8 Å². The maximum atomic E-state index is 11.7. The first-order valence-electron chi connectivity index (χ1n) is 7.80. The molecule has 0 spiro atoms. The van der Waals surface area contributed by atoms with E-state index in [4.69, 9.17) is 4.74 Å². The molecule has 0 aromatic rings. The first-order chi connectivity index (χ1) is 9.13. The van der Waals surface area contributed by atoms with Gasteiger partial charge in [0.05, 0.1) is 6.10 Å². The molecule has 2 N–H and O–H groups in total. The van der Waals surface area contributed by atoms with Crippen LogP contribution >= 0.6 is 0 Å². The van der Waals surface area contributed by atoms with E-state index in [9.17, 15) is 4.79 Å². The molecular weight excluding hydrogens is 240 g/mol. The van der Waals surface area contributed by atoms with E-state index in [1.54, 1.807) is 0 Å². The van der Waals surface area contributed by atoms with Gasteiger partial charge in [0.1, 0.15) is 6.04 Å². The Bertz CT molecular complexity index is 257. The number of hydrogen-bond donors (Lipinski definition) is 2. The molecule has 2 unspecified atom stereocenters. The van der Waals surface area contributed by atoms with Gasteiger partial charge in [-0.25, -0.2) is 0 Å². The molecule has 112 valence electrons. The van der Waals surface area contributed by atoms with Crippen LogP contribution in [0, 0.1) is 0 Å². The van der Waals surface area contributed by atoms with Gasteiger partial charge in [-0.3, -0.25) is 4.79 Å². The molecule has 4 heteroatoms. The summed E-state index contributed by atoms with van der Waals surface area (Å²) in [6, 6.07) is 0.371. The lowest BCUT2D eigenvalue weighted by Gasteiger charge is -2.15. The number of carbonyl (C=O) groups is 1. The Hall–Kier alpha value is -0.610. The van der Waals surface area contributed by atoms with E-state index in [0.29, 0.717) is 6.04 Å². The molecule has 0 amide bonds. The molecular formula is C15H30N2O2. The minimum absolute atomic E-state index is 0.0198. The van der Waals surface area contributed by atoms with Crippen LogP contribution in [0.4, 0.5) is 0 Å². The first kappa shape index (κ1) is 16.4. The van der Waals surface area contributed by atoms with Crippen molar-refractivity contribution in [3.8, 4) is 0 Å². The largest absolute Gasteiger partial charge is 0.462 e. The molecule has 1 aliphatic heterocycles. The Morgan fingerprint density at radius 2 is 2.11 bits per heavy atom. The summed E-state index contributed by atoms with van der Waals surface area (Å²) in [5.74, 6) is -0.0894. The smallest absolute Gasteiger partial charge is 0.323 e. The van der Waals surface area contributed by atoms with E-state index in [1.807, 2.05) is 13.8 Å². The fourth-order valence-electron chi connectivity index (χ4n) is 2.45. The highest BCUT2D eigenvalue weighted by Crippen LogP contribution is 2.16. The van der Waals surface area contributed by atoms with Crippen LogP contribution in [-0.2, 0) is 9.53 Å². The molecule has 0 bridgehead atoms. The summed E-state index contributed by atoms with van der Waals surface area (Å²) in [4.78, 5) is 11.7. The van der Waals surface area contributed by atoms with Crippen molar-refractivity contribution in [2.75, 3.05) is 13.1 Å². The zero-order valence-electron chi connectivity index (χ0n) is 12.7. The molecule has 4 nitrogen and oxygen atoms in total. The van der Waals surface area contributed by atoms with E-state index in [2.05, 4.69) is 17.6 Å². The lowest BCUT2D eigenvalue weighted by Crippen LogP contribution is -2.38. The molecule has 2 atom stereocenters. The molecule has 0 saturated carbocycles. The number of nitrogens with one attached hydrogen (secondary N) is 2. The van der Waals surface area contributed by atoms with Gasteiger partial charge in [-0.15, -0.1) is 0 Å². The van der Waals surface area contributed by atoms with Gasteiger partial charge in [0, 0.05) is 6.04 Å². The summed E-state index contributed by atoms with van der Waals surface area (Å²) in [5.41, 5.74) is 0. The molecule has 1 rings (SSSR count). The predicted octanol–water partition coefficient (Wildman–Crippen LogP) is 2.23. The number of rotatable bonds is 9. The van der Waals surface area contributed by atoms with Crippen LogP contribution in [0.1, 0.15) is 59.3 Å². The minimum atomic E-state index is -0.0903. The van der Waals surface area contributed by atoms with Crippen LogP contribution in [-0.4, -0.2) is 37.2 Å². The van der Waals surface area contributed by atoms with Crippen LogP contribution in [0.5, 0.6) is 0 Å². The molecule has 19 heavy (non-hydrogen) atoms. The molecule has 1 fully saturated rings. The van der Waals surface area contributed by atoms with E-state index >= 15 is 0 Å². The summed E-state index contributed by atoms with van der Waals surface area (Å²) in [5, 5.41) is 6.85. The van der Waals surface area contributed by atoms with Gasteiger partial charge in [-0.2, -0.15) is 0 Å². The number of unbranched alkanes of at least 4 members (excludes halogenated alkanes) is 2. The van der Waals surface area contributed by atoms with Gasteiger partial charge in [0.15, 0.2) is 0 Å². The Morgan fingerprint density at radius 3 is 2.79 bits per heavy atom. The third-order valence-electron chi connectivity index (χ3n) is 3.50. The lowest BCUT2D eigenvalue weighted by molar-refractivity contribution is -0.149. The molecule has 1 heterocycles. The van der Waals surface area contributed by atoms with Crippen LogP contribution in [0.25, 0.3) is 0 Å². The van der Waals surface area contributed by atoms with Crippen LogP contribution < -0.4 is 10.6 Å². The minimum Gasteiger partial charge on any atom is -0.462 e. The van der Waals surface area contributed by atoms with Gasteiger partial charge >= 0.3 is 5.97 Å². The van der Waals surface area contributed by atoms with Crippen molar-refractivity contribution in [1.82, 2.24) is 10.6 Å². The van der Waals surface area contributed by atoms with Crippen molar-refractivity contribution in [2.24, 2.45) is 0 Å².